The van der Waals surface area contributed by atoms with Crippen LogP contribution in [-0.4, -0.2) is 52.3 Å². The van der Waals surface area contributed by atoms with E-state index in [1.54, 1.807) is 12.4 Å². The molecule has 178 valence electrons. The summed E-state index contributed by atoms with van der Waals surface area (Å²) in [6.07, 6.45) is 5.33. The lowest BCUT2D eigenvalue weighted by atomic mass is 10.1. The van der Waals surface area contributed by atoms with E-state index in [4.69, 9.17) is 0 Å². The lowest BCUT2D eigenvalue weighted by molar-refractivity contribution is 0.236. The van der Waals surface area contributed by atoms with E-state index < -0.39 is 0 Å². The van der Waals surface area contributed by atoms with Gasteiger partial charge >= 0.3 is 6.03 Å². The molecule has 7 nitrogen and oxygen atoms in total. The third kappa shape index (κ3) is 8.35. The van der Waals surface area contributed by atoms with E-state index in [-0.39, 0.29) is 12.1 Å². The van der Waals surface area contributed by atoms with Crippen LogP contribution in [0.2, 0.25) is 0 Å². The van der Waals surface area contributed by atoms with E-state index in [2.05, 4.69) is 63.7 Å². The summed E-state index contributed by atoms with van der Waals surface area (Å²) in [6, 6.07) is 14.2. The average molecular weight is 451 g/mol. The molecule has 0 spiro atoms. The lowest BCUT2D eigenvalue weighted by Gasteiger charge is -2.14. The van der Waals surface area contributed by atoms with Crippen LogP contribution in [0.5, 0.6) is 0 Å². The number of amides is 2. The lowest BCUT2D eigenvalue weighted by Crippen LogP contribution is -2.42. The fraction of sp³-hybridized carbons (Fsp3) is 0.423. The number of aryl methyl sites for hydroxylation is 2. The molecule has 3 aromatic rings. The van der Waals surface area contributed by atoms with Gasteiger partial charge in [0, 0.05) is 48.3 Å². The molecule has 2 aromatic heterocycles. The fourth-order valence-corrected chi connectivity index (χ4v) is 3.62. The molecule has 0 saturated carbocycles. The molecule has 1 saturated heterocycles. The number of rotatable bonds is 5. The summed E-state index contributed by atoms with van der Waals surface area (Å²) in [5, 5.41) is 13.5. The Balaban J connectivity index is 0.000000362. The molecule has 0 radical (unpaired) electrons. The van der Waals surface area contributed by atoms with E-state index in [9.17, 15) is 4.79 Å². The first-order valence-electron chi connectivity index (χ1n) is 11.8. The average Bonchev–Trinajstić information content (AvgIpc) is 3.46. The van der Waals surface area contributed by atoms with Gasteiger partial charge in [-0.2, -0.15) is 5.10 Å². The maximum Gasteiger partial charge on any atom is 0.315 e. The van der Waals surface area contributed by atoms with Gasteiger partial charge in [0.2, 0.25) is 0 Å². The molecular formula is C26H38N6O. The minimum Gasteiger partial charge on any atom is -0.334 e. The number of hydrogen-bond acceptors (Lipinski definition) is 4. The van der Waals surface area contributed by atoms with Crippen LogP contribution in [0.4, 0.5) is 4.79 Å². The van der Waals surface area contributed by atoms with Gasteiger partial charge in [0.15, 0.2) is 0 Å². The van der Waals surface area contributed by atoms with Crippen molar-refractivity contribution in [1.82, 2.24) is 30.7 Å². The Labute approximate surface area is 198 Å². The van der Waals surface area contributed by atoms with Gasteiger partial charge < -0.3 is 15.5 Å². The topological polar surface area (TPSA) is 85.9 Å². The van der Waals surface area contributed by atoms with Crippen LogP contribution in [0.3, 0.4) is 0 Å². The van der Waals surface area contributed by atoms with Crippen LogP contribution in [0, 0.1) is 6.92 Å². The van der Waals surface area contributed by atoms with E-state index >= 15 is 0 Å². The molecule has 33 heavy (non-hydrogen) atoms. The summed E-state index contributed by atoms with van der Waals surface area (Å²) in [4.78, 5) is 18.4. The molecule has 3 N–H and O–H groups in total. The summed E-state index contributed by atoms with van der Waals surface area (Å²) < 4.78 is 0. The molecule has 7 heteroatoms. The first-order chi connectivity index (χ1) is 16.1. The highest BCUT2D eigenvalue weighted by molar-refractivity contribution is 5.75. The number of nitrogens with zero attached hydrogens (tertiary/aromatic N) is 3. The van der Waals surface area contributed by atoms with E-state index in [0.29, 0.717) is 6.54 Å². The van der Waals surface area contributed by atoms with Crippen LogP contribution in [0.15, 0.2) is 54.9 Å². The molecule has 0 aliphatic carbocycles. The Morgan fingerprint density at radius 1 is 1.15 bits per heavy atom. The number of urea groups is 1. The molecule has 1 atom stereocenters. The summed E-state index contributed by atoms with van der Waals surface area (Å²) >= 11 is 0. The Morgan fingerprint density at radius 2 is 1.85 bits per heavy atom. The number of aromatic nitrogens is 3. The Kier molecular flexibility index (Phi) is 11.1. The number of benzene rings is 1. The number of likely N-dealkylation sites (N-methyl/N-ethyl adjacent to an activating group) is 1. The maximum absolute atomic E-state index is 12.2. The van der Waals surface area contributed by atoms with Crippen molar-refractivity contribution >= 4 is 6.03 Å². The van der Waals surface area contributed by atoms with Gasteiger partial charge in [0.1, 0.15) is 0 Å². The summed E-state index contributed by atoms with van der Waals surface area (Å²) in [5.41, 5.74) is 5.26. The molecule has 1 fully saturated rings. The van der Waals surface area contributed by atoms with Crippen molar-refractivity contribution in [3.8, 4) is 11.3 Å². The van der Waals surface area contributed by atoms with Crippen LogP contribution >= 0.6 is 0 Å². The standard InChI is InChI=1S/C17H24N6O.C7H8.C2H6/c1-3-15-14(16(22-21-15)12-4-7-18-8-5-12)10-19-17(24)20-13-6-9-23(2)11-13;1-7-5-3-2-4-6-7;1-2/h4-5,7-8,13H,3,6,9-11H2,1-2H3,(H,21,22)(H2,19,20,24);2-6H,1H3;1-2H3. The third-order valence-corrected chi connectivity index (χ3v) is 5.35. The Morgan fingerprint density at radius 3 is 2.39 bits per heavy atom. The van der Waals surface area contributed by atoms with E-state index in [1.165, 1.54) is 5.56 Å². The largest absolute Gasteiger partial charge is 0.334 e. The van der Waals surface area contributed by atoms with Crippen molar-refractivity contribution in [3.63, 3.8) is 0 Å². The summed E-state index contributed by atoms with van der Waals surface area (Å²) in [7, 11) is 2.07. The Bertz CT molecular complexity index is 942. The summed E-state index contributed by atoms with van der Waals surface area (Å²) in [5.74, 6) is 0. The van der Waals surface area contributed by atoms with Crippen molar-refractivity contribution in [1.29, 1.82) is 0 Å². The number of likely N-dealkylation sites (tertiary alicyclic amines) is 1. The minimum absolute atomic E-state index is 0.126. The van der Waals surface area contributed by atoms with Gasteiger partial charge in [0.05, 0.1) is 5.69 Å². The smallest absolute Gasteiger partial charge is 0.315 e. The number of pyridine rings is 1. The monoisotopic (exact) mass is 450 g/mol. The first-order valence-corrected chi connectivity index (χ1v) is 11.8. The fourth-order valence-electron chi connectivity index (χ4n) is 3.62. The molecule has 1 aliphatic rings. The highest BCUT2D eigenvalue weighted by Gasteiger charge is 2.21. The normalized spacial score (nSPS) is 15.0. The highest BCUT2D eigenvalue weighted by Crippen LogP contribution is 2.23. The minimum atomic E-state index is -0.126. The molecule has 3 heterocycles. The molecule has 4 rings (SSSR count). The number of carbonyl (C=O) groups excluding carboxylic acids is 1. The van der Waals surface area contributed by atoms with Gasteiger partial charge in [-0.15, -0.1) is 0 Å². The first kappa shape index (κ1) is 26.1. The van der Waals surface area contributed by atoms with Gasteiger partial charge in [-0.3, -0.25) is 10.1 Å². The van der Waals surface area contributed by atoms with Crippen LogP contribution in [0.1, 0.15) is 44.0 Å². The number of aromatic amines is 1. The zero-order valence-electron chi connectivity index (χ0n) is 20.6. The van der Waals surface area contributed by atoms with Gasteiger partial charge in [-0.1, -0.05) is 56.7 Å². The molecular weight excluding hydrogens is 412 g/mol. The maximum atomic E-state index is 12.2. The summed E-state index contributed by atoms with van der Waals surface area (Å²) in [6.45, 7) is 10.5. The van der Waals surface area contributed by atoms with Crippen molar-refractivity contribution in [2.24, 2.45) is 0 Å². The van der Waals surface area contributed by atoms with Crippen molar-refractivity contribution in [3.05, 3.63) is 71.7 Å². The van der Waals surface area contributed by atoms with E-state index in [1.807, 2.05) is 44.2 Å². The highest BCUT2D eigenvalue weighted by atomic mass is 16.2. The zero-order chi connectivity index (χ0) is 24.1. The van der Waals surface area contributed by atoms with Gasteiger partial charge in [-0.05, 0) is 45.5 Å². The predicted molar refractivity (Wildman–Crippen MR) is 135 cm³/mol. The number of hydrogen-bond donors (Lipinski definition) is 3. The van der Waals surface area contributed by atoms with Crippen molar-refractivity contribution in [2.75, 3.05) is 20.1 Å². The predicted octanol–water partition coefficient (Wildman–Crippen LogP) is 4.56. The third-order valence-electron chi connectivity index (χ3n) is 5.35. The number of nitrogens with one attached hydrogen (secondary N) is 3. The van der Waals surface area contributed by atoms with Crippen molar-refractivity contribution < 1.29 is 4.79 Å². The number of carbonyl (C=O) groups is 1. The van der Waals surface area contributed by atoms with Crippen molar-refractivity contribution in [2.45, 2.75) is 53.1 Å². The van der Waals surface area contributed by atoms with Crippen LogP contribution < -0.4 is 10.6 Å². The van der Waals surface area contributed by atoms with Gasteiger partial charge in [0.25, 0.3) is 0 Å². The second-order valence-corrected chi connectivity index (χ2v) is 7.85. The Hall–Kier alpha value is -3.19. The number of H-pyrrole nitrogens is 1. The molecule has 0 bridgehead atoms. The van der Waals surface area contributed by atoms with Gasteiger partial charge in [-0.25, -0.2) is 4.79 Å². The quantitative estimate of drug-likeness (QED) is 0.532. The van der Waals surface area contributed by atoms with E-state index in [0.717, 1.165) is 48.4 Å². The molecule has 1 aromatic carbocycles. The SMILES string of the molecule is CC.CCc1[nH]nc(-c2ccncc2)c1CNC(=O)NC1CCN(C)C1.Cc1ccccc1. The molecule has 1 aliphatic heterocycles. The second kappa shape index (κ2) is 14.1. The van der Waals surface area contributed by atoms with Crippen LogP contribution in [-0.2, 0) is 13.0 Å². The van der Waals surface area contributed by atoms with Crippen LogP contribution in [0.25, 0.3) is 11.3 Å². The second-order valence-electron chi connectivity index (χ2n) is 7.85. The molecule has 2 amide bonds. The zero-order valence-corrected chi connectivity index (χ0v) is 20.6. The molecule has 1 unspecified atom stereocenters.